The quantitative estimate of drug-likeness (QED) is 0.160. The van der Waals surface area contributed by atoms with Crippen molar-refractivity contribution < 1.29 is 0 Å². The SMILES string of the molecule is CC(C)(C)c1ccc2c(c1)C1(c3cc(Br)ccc3C=Cc3ccc(Br)cc31)c1cc(C(C)(C)C)ccc1-2. The fourth-order valence-corrected chi connectivity index (χ4v) is 6.88. The lowest BCUT2D eigenvalue weighted by Gasteiger charge is -2.37. The summed E-state index contributed by atoms with van der Waals surface area (Å²) >= 11 is 7.68. The summed E-state index contributed by atoms with van der Waals surface area (Å²) in [7, 11) is 0. The molecule has 2 heteroatoms. The molecule has 0 amide bonds. The van der Waals surface area contributed by atoms with Crippen LogP contribution in [0, 0.1) is 0 Å². The summed E-state index contributed by atoms with van der Waals surface area (Å²) in [6.45, 7) is 13.9. The smallest absolute Gasteiger partial charge is 0.0579 e. The third-order valence-electron chi connectivity index (χ3n) is 8.15. The first-order valence-electron chi connectivity index (χ1n) is 13.0. The highest BCUT2D eigenvalue weighted by atomic mass is 79.9. The lowest BCUT2D eigenvalue weighted by molar-refractivity contribution is 0.586. The van der Waals surface area contributed by atoms with Gasteiger partial charge in [0.05, 0.1) is 5.41 Å². The molecule has 0 saturated heterocycles. The van der Waals surface area contributed by atoms with Crippen molar-refractivity contribution in [1.82, 2.24) is 0 Å². The van der Waals surface area contributed by atoms with E-state index in [4.69, 9.17) is 0 Å². The van der Waals surface area contributed by atoms with E-state index in [9.17, 15) is 0 Å². The molecule has 0 radical (unpaired) electrons. The molecule has 37 heavy (non-hydrogen) atoms. The number of fused-ring (bicyclic) bond motifs is 9. The maximum Gasteiger partial charge on any atom is 0.0726 e. The zero-order valence-corrected chi connectivity index (χ0v) is 25.5. The van der Waals surface area contributed by atoms with Gasteiger partial charge in [-0.05, 0) is 90.7 Å². The standard InChI is InChI=1S/C35H32Br2/c1-33(2,3)23-11-15-27-28-16-12-24(34(4,5)6)18-32(28)35(31(27)17-23)29-19-25(36)13-9-21(29)7-8-22-10-14-26(37)20-30(22)35/h7-20H,1-6H3. The van der Waals surface area contributed by atoms with Crippen molar-refractivity contribution in [3.63, 3.8) is 0 Å². The van der Waals surface area contributed by atoms with Crippen LogP contribution in [0.2, 0.25) is 0 Å². The van der Waals surface area contributed by atoms with Crippen molar-refractivity contribution in [3.05, 3.63) is 126 Å². The van der Waals surface area contributed by atoms with Gasteiger partial charge in [-0.25, -0.2) is 0 Å². The van der Waals surface area contributed by atoms with Gasteiger partial charge in [0, 0.05) is 8.95 Å². The van der Waals surface area contributed by atoms with Crippen molar-refractivity contribution in [2.45, 2.75) is 57.8 Å². The third-order valence-corrected chi connectivity index (χ3v) is 9.14. The van der Waals surface area contributed by atoms with E-state index in [2.05, 4.69) is 158 Å². The van der Waals surface area contributed by atoms with E-state index >= 15 is 0 Å². The summed E-state index contributed by atoms with van der Waals surface area (Å²) in [6, 6.07) is 27.9. The van der Waals surface area contributed by atoms with Crippen LogP contribution in [0.15, 0.2) is 81.7 Å². The zero-order chi connectivity index (χ0) is 26.3. The normalized spacial score (nSPS) is 15.1. The summed E-state index contributed by atoms with van der Waals surface area (Å²) in [5.74, 6) is 0. The Morgan fingerprint density at radius 1 is 0.486 bits per heavy atom. The van der Waals surface area contributed by atoms with Crippen molar-refractivity contribution in [2.24, 2.45) is 0 Å². The van der Waals surface area contributed by atoms with Crippen LogP contribution in [-0.2, 0) is 16.2 Å². The molecule has 0 N–H and O–H groups in total. The van der Waals surface area contributed by atoms with Gasteiger partial charge in [0.2, 0.25) is 0 Å². The van der Waals surface area contributed by atoms with Crippen LogP contribution < -0.4 is 0 Å². The fraction of sp³-hybridized carbons (Fsp3) is 0.257. The summed E-state index contributed by atoms with van der Waals surface area (Å²) in [5.41, 5.74) is 13.0. The molecular weight excluding hydrogens is 580 g/mol. The Kier molecular flexibility index (Phi) is 5.58. The van der Waals surface area contributed by atoms with Gasteiger partial charge >= 0.3 is 0 Å². The first-order chi connectivity index (χ1) is 17.4. The predicted octanol–water partition coefficient (Wildman–Crippen LogP) is 10.7. The number of halogens is 2. The van der Waals surface area contributed by atoms with E-state index in [1.54, 1.807) is 0 Å². The molecule has 4 aromatic rings. The minimum absolute atomic E-state index is 0.0464. The van der Waals surface area contributed by atoms with Gasteiger partial charge in [-0.2, -0.15) is 0 Å². The van der Waals surface area contributed by atoms with Crippen molar-refractivity contribution >= 4 is 44.0 Å². The minimum atomic E-state index is -0.436. The highest BCUT2D eigenvalue weighted by Gasteiger charge is 2.49. The summed E-state index contributed by atoms with van der Waals surface area (Å²) < 4.78 is 2.21. The average Bonchev–Trinajstić information content (AvgIpc) is 3.04. The largest absolute Gasteiger partial charge is 0.0726 e. The van der Waals surface area contributed by atoms with Gasteiger partial charge in [0.25, 0.3) is 0 Å². The third kappa shape index (κ3) is 3.74. The van der Waals surface area contributed by atoms with E-state index in [-0.39, 0.29) is 10.8 Å². The van der Waals surface area contributed by atoms with Crippen LogP contribution in [-0.4, -0.2) is 0 Å². The molecule has 0 aromatic heterocycles. The van der Waals surface area contributed by atoms with Crippen LogP contribution in [0.3, 0.4) is 0 Å². The second-order valence-corrected chi connectivity index (χ2v) is 14.4. The molecule has 0 bridgehead atoms. The first-order valence-corrected chi connectivity index (χ1v) is 14.6. The van der Waals surface area contributed by atoms with Gasteiger partial charge < -0.3 is 0 Å². The van der Waals surface area contributed by atoms with Crippen LogP contribution in [0.1, 0.15) is 86.1 Å². The Hall–Kier alpha value is -2.42. The monoisotopic (exact) mass is 610 g/mol. The van der Waals surface area contributed by atoms with E-state index in [1.165, 1.54) is 55.6 Å². The number of hydrogen-bond acceptors (Lipinski definition) is 0. The van der Waals surface area contributed by atoms with E-state index in [0.717, 1.165) is 8.95 Å². The Bertz CT molecular complexity index is 1480. The van der Waals surface area contributed by atoms with E-state index in [0.29, 0.717) is 0 Å². The van der Waals surface area contributed by atoms with Crippen LogP contribution in [0.25, 0.3) is 23.3 Å². The van der Waals surface area contributed by atoms with Crippen LogP contribution in [0.5, 0.6) is 0 Å². The predicted molar refractivity (Wildman–Crippen MR) is 165 cm³/mol. The topological polar surface area (TPSA) is 0 Å². The first kappa shape index (κ1) is 24.9. The maximum atomic E-state index is 3.84. The van der Waals surface area contributed by atoms with Crippen molar-refractivity contribution in [3.8, 4) is 11.1 Å². The molecule has 0 saturated carbocycles. The Balaban J connectivity index is 1.86. The second-order valence-electron chi connectivity index (χ2n) is 12.6. The molecular formula is C35H32Br2. The summed E-state index contributed by atoms with van der Waals surface area (Å²) in [6.07, 6.45) is 4.59. The highest BCUT2D eigenvalue weighted by molar-refractivity contribution is 9.10. The second kappa shape index (κ2) is 8.29. The number of hydrogen-bond donors (Lipinski definition) is 0. The van der Waals surface area contributed by atoms with Crippen molar-refractivity contribution in [2.75, 3.05) is 0 Å². The molecule has 0 unspecified atom stereocenters. The molecule has 186 valence electrons. The van der Waals surface area contributed by atoms with Gasteiger partial charge in [-0.3, -0.25) is 0 Å². The molecule has 0 nitrogen and oxygen atoms in total. The maximum absolute atomic E-state index is 3.84. The van der Waals surface area contributed by atoms with Gasteiger partial charge in [0.1, 0.15) is 0 Å². The molecule has 0 aliphatic heterocycles. The lowest BCUT2D eigenvalue weighted by atomic mass is 9.65. The number of benzene rings is 4. The van der Waals surface area contributed by atoms with Crippen LogP contribution >= 0.6 is 31.9 Å². The summed E-state index contributed by atoms with van der Waals surface area (Å²) in [5, 5.41) is 0. The Morgan fingerprint density at radius 3 is 1.27 bits per heavy atom. The average molecular weight is 612 g/mol. The summed E-state index contributed by atoms with van der Waals surface area (Å²) in [4.78, 5) is 0. The van der Waals surface area contributed by atoms with E-state index < -0.39 is 5.41 Å². The highest BCUT2D eigenvalue weighted by Crippen LogP contribution is 2.60. The molecule has 0 atom stereocenters. The molecule has 0 heterocycles. The van der Waals surface area contributed by atoms with Gasteiger partial charge in [0.15, 0.2) is 0 Å². The lowest BCUT2D eigenvalue weighted by Crippen LogP contribution is -2.31. The molecule has 2 aliphatic rings. The zero-order valence-electron chi connectivity index (χ0n) is 22.3. The Labute approximate surface area is 238 Å². The molecule has 4 aromatic carbocycles. The fourth-order valence-electron chi connectivity index (χ4n) is 6.16. The molecule has 1 spiro atoms. The number of rotatable bonds is 0. The molecule has 6 rings (SSSR count). The van der Waals surface area contributed by atoms with Crippen molar-refractivity contribution in [1.29, 1.82) is 0 Å². The van der Waals surface area contributed by atoms with Gasteiger partial charge in [-0.1, -0.05) is 134 Å². The van der Waals surface area contributed by atoms with Crippen LogP contribution in [0.4, 0.5) is 0 Å². The molecule has 2 aliphatic carbocycles. The minimum Gasteiger partial charge on any atom is -0.0579 e. The molecule has 0 fully saturated rings. The Morgan fingerprint density at radius 2 is 0.892 bits per heavy atom. The van der Waals surface area contributed by atoms with Gasteiger partial charge in [-0.15, -0.1) is 0 Å². The van der Waals surface area contributed by atoms with E-state index in [1.807, 2.05) is 0 Å².